The molecule has 0 saturated carbocycles. The van der Waals surface area contributed by atoms with Gasteiger partial charge in [0.15, 0.2) is 11.5 Å². The molecule has 236 valence electrons. The Kier molecular flexibility index (Phi) is 9.74. The molecule has 6 rings (SSSR count). The van der Waals surface area contributed by atoms with Gasteiger partial charge < -0.3 is 18.8 Å². The molecule has 1 aliphatic heterocycles. The van der Waals surface area contributed by atoms with Gasteiger partial charge in [0.25, 0.3) is 0 Å². The number of aromatic nitrogens is 2. The van der Waals surface area contributed by atoms with Crippen LogP contribution in [0.25, 0.3) is 22.6 Å². The number of hydrogen-bond donors (Lipinski definition) is 0. The van der Waals surface area contributed by atoms with Gasteiger partial charge in [-0.15, -0.1) is 0 Å². The Morgan fingerprint density at radius 2 is 1.54 bits per heavy atom. The first-order valence-electron chi connectivity index (χ1n) is 15.7. The summed E-state index contributed by atoms with van der Waals surface area (Å²) in [4.78, 5) is 19.7. The molecule has 0 amide bonds. The van der Waals surface area contributed by atoms with E-state index < -0.39 is 0 Å². The summed E-state index contributed by atoms with van der Waals surface area (Å²) < 4.78 is 33.0. The number of ether oxygens (including phenoxy) is 3. The van der Waals surface area contributed by atoms with Gasteiger partial charge >= 0.3 is 5.97 Å². The predicted octanol–water partition coefficient (Wildman–Crippen LogP) is 7.92. The van der Waals surface area contributed by atoms with Crippen LogP contribution in [0.5, 0.6) is 11.5 Å². The van der Waals surface area contributed by atoms with Crippen molar-refractivity contribution >= 4 is 5.97 Å². The fourth-order valence-electron chi connectivity index (χ4n) is 5.80. The zero-order chi connectivity index (χ0) is 31.9. The molecule has 46 heavy (non-hydrogen) atoms. The van der Waals surface area contributed by atoms with Crippen LogP contribution in [0, 0.1) is 5.82 Å². The van der Waals surface area contributed by atoms with Crippen molar-refractivity contribution in [2.75, 3.05) is 20.3 Å². The van der Waals surface area contributed by atoms with Crippen LogP contribution in [-0.4, -0.2) is 40.7 Å². The minimum Gasteiger partial charge on any atom is -0.486 e. The second kappa shape index (κ2) is 14.4. The van der Waals surface area contributed by atoms with Gasteiger partial charge in [0.1, 0.15) is 24.9 Å². The third-order valence-corrected chi connectivity index (χ3v) is 8.12. The van der Waals surface area contributed by atoms with Crippen molar-refractivity contribution < 1.29 is 23.4 Å². The fourth-order valence-corrected chi connectivity index (χ4v) is 5.80. The number of unbranched alkanes of at least 4 members (excludes halogenated alkanes) is 1. The van der Waals surface area contributed by atoms with Crippen LogP contribution in [0.1, 0.15) is 46.9 Å². The Morgan fingerprint density at radius 3 is 2.26 bits per heavy atom. The summed E-state index contributed by atoms with van der Waals surface area (Å²) >= 11 is 0. The average molecular weight is 620 g/mol. The average Bonchev–Trinajstić information content (AvgIpc) is 3.45. The van der Waals surface area contributed by atoms with Gasteiger partial charge in [-0.1, -0.05) is 61.9 Å². The first-order valence-corrected chi connectivity index (χ1v) is 15.7. The molecule has 0 bridgehead atoms. The molecule has 8 heteroatoms. The monoisotopic (exact) mass is 619 g/mol. The minimum atomic E-state index is -0.364. The molecular weight excluding hydrogens is 581 g/mol. The largest absolute Gasteiger partial charge is 0.486 e. The number of carbonyl (C=O) groups excluding carboxylic acids is 1. The summed E-state index contributed by atoms with van der Waals surface area (Å²) in [5.41, 5.74) is 6.44. The van der Waals surface area contributed by atoms with Crippen molar-refractivity contribution in [1.29, 1.82) is 0 Å². The van der Waals surface area contributed by atoms with Crippen molar-refractivity contribution in [3.63, 3.8) is 0 Å². The van der Waals surface area contributed by atoms with E-state index in [1.165, 1.54) is 19.2 Å². The third kappa shape index (κ3) is 7.13. The molecule has 0 atom stereocenters. The lowest BCUT2D eigenvalue weighted by atomic mass is 10.1. The van der Waals surface area contributed by atoms with Gasteiger partial charge in [0.2, 0.25) is 0 Å². The number of fused-ring (bicyclic) bond motifs is 1. The van der Waals surface area contributed by atoms with Crippen molar-refractivity contribution in [2.24, 2.45) is 0 Å². The number of benzene rings is 4. The third-order valence-electron chi connectivity index (χ3n) is 8.12. The number of methoxy groups -OCH3 is 1. The van der Waals surface area contributed by atoms with Gasteiger partial charge in [-0.2, -0.15) is 0 Å². The summed E-state index contributed by atoms with van der Waals surface area (Å²) in [5.74, 6) is 1.75. The maximum Gasteiger partial charge on any atom is 0.337 e. The number of rotatable bonds is 12. The molecule has 7 nitrogen and oxygen atoms in total. The molecule has 4 aromatic carbocycles. The number of hydrogen-bond acceptors (Lipinski definition) is 6. The van der Waals surface area contributed by atoms with Crippen LogP contribution >= 0.6 is 0 Å². The first kappa shape index (κ1) is 31.0. The SMILES string of the molecule is CCCCn1c(-c2ccccc2)nc(-c2ccc(F)cc2)c1CN(Cc1ccc(C(=O)OC)cc1)Cc1ccc2c(c1)OCCO2. The highest BCUT2D eigenvalue weighted by atomic mass is 19.1. The van der Waals surface area contributed by atoms with Crippen LogP contribution in [0.15, 0.2) is 97.1 Å². The summed E-state index contributed by atoms with van der Waals surface area (Å²) in [6.07, 6.45) is 2.02. The highest BCUT2D eigenvalue weighted by Gasteiger charge is 2.23. The molecule has 1 aromatic heterocycles. The van der Waals surface area contributed by atoms with E-state index in [-0.39, 0.29) is 11.8 Å². The Labute approximate surface area is 269 Å². The van der Waals surface area contributed by atoms with E-state index in [4.69, 9.17) is 19.2 Å². The topological polar surface area (TPSA) is 65.8 Å². The van der Waals surface area contributed by atoms with E-state index in [0.29, 0.717) is 38.4 Å². The molecule has 0 unspecified atom stereocenters. The van der Waals surface area contributed by atoms with Crippen molar-refractivity contribution in [1.82, 2.24) is 14.5 Å². The molecular formula is C38H38FN3O4. The quantitative estimate of drug-likeness (QED) is 0.132. The van der Waals surface area contributed by atoms with Crippen LogP contribution in [0.4, 0.5) is 4.39 Å². The van der Waals surface area contributed by atoms with E-state index in [2.05, 4.69) is 34.6 Å². The van der Waals surface area contributed by atoms with Gasteiger partial charge in [-0.3, -0.25) is 4.90 Å². The maximum atomic E-state index is 14.1. The van der Waals surface area contributed by atoms with Gasteiger partial charge in [-0.05, 0) is 66.1 Å². The summed E-state index contributed by atoms with van der Waals surface area (Å²) in [5, 5.41) is 0. The van der Waals surface area contributed by atoms with E-state index in [1.807, 2.05) is 42.5 Å². The van der Waals surface area contributed by atoms with Crippen LogP contribution in [0.2, 0.25) is 0 Å². The number of nitrogens with zero attached hydrogens (tertiary/aromatic N) is 3. The second-order valence-electron chi connectivity index (χ2n) is 11.4. The number of carbonyl (C=O) groups is 1. The van der Waals surface area contributed by atoms with Crippen molar-refractivity contribution in [2.45, 2.75) is 45.9 Å². The van der Waals surface area contributed by atoms with Crippen molar-refractivity contribution in [3.05, 3.63) is 125 Å². The number of halogens is 1. The molecule has 0 fully saturated rings. The number of imidazole rings is 1. The number of esters is 1. The summed E-state index contributed by atoms with van der Waals surface area (Å²) in [6.45, 7) is 5.85. The van der Waals surface area contributed by atoms with Gasteiger partial charge in [0.05, 0.1) is 24.1 Å². The smallest absolute Gasteiger partial charge is 0.337 e. The standard InChI is InChI=1S/C38H38FN3O4/c1-3-4-20-42-33(36(29-15-17-32(39)18-16-29)40-37(42)30-8-6-5-7-9-30)26-41(24-27-10-13-31(14-11-27)38(43)44-2)25-28-12-19-34-35(23-28)46-22-21-45-34/h5-19,23H,3-4,20-22,24-26H2,1-2H3. The molecule has 0 aliphatic carbocycles. The fraction of sp³-hybridized carbons (Fsp3) is 0.263. The molecule has 0 spiro atoms. The minimum absolute atomic E-state index is 0.283. The van der Waals surface area contributed by atoms with Crippen LogP contribution in [0.3, 0.4) is 0 Å². The predicted molar refractivity (Wildman–Crippen MR) is 176 cm³/mol. The zero-order valence-corrected chi connectivity index (χ0v) is 26.2. The highest BCUT2D eigenvalue weighted by Crippen LogP contribution is 2.34. The molecule has 5 aromatic rings. The van der Waals surface area contributed by atoms with Crippen LogP contribution < -0.4 is 9.47 Å². The van der Waals surface area contributed by atoms with E-state index in [0.717, 1.165) is 70.4 Å². The van der Waals surface area contributed by atoms with E-state index in [9.17, 15) is 9.18 Å². The normalized spacial score (nSPS) is 12.3. The van der Waals surface area contributed by atoms with Gasteiger partial charge in [0, 0.05) is 37.3 Å². The summed E-state index contributed by atoms with van der Waals surface area (Å²) in [7, 11) is 1.38. The first-order chi connectivity index (χ1) is 22.5. The Hall–Kier alpha value is -4.95. The molecule has 0 saturated heterocycles. The molecule has 2 heterocycles. The zero-order valence-electron chi connectivity index (χ0n) is 26.2. The molecule has 1 aliphatic rings. The second-order valence-corrected chi connectivity index (χ2v) is 11.4. The Balaban J connectivity index is 1.43. The van der Waals surface area contributed by atoms with Gasteiger partial charge in [-0.25, -0.2) is 14.2 Å². The lowest BCUT2D eigenvalue weighted by molar-refractivity contribution is 0.0600. The van der Waals surface area contributed by atoms with E-state index >= 15 is 0 Å². The lowest BCUT2D eigenvalue weighted by Crippen LogP contribution is -2.25. The lowest BCUT2D eigenvalue weighted by Gasteiger charge is -2.26. The Bertz CT molecular complexity index is 1770. The molecule has 0 radical (unpaired) electrons. The summed E-state index contributed by atoms with van der Waals surface area (Å²) in [6, 6.07) is 30.4. The maximum absolute atomic E-state index is 14.1. The van der Waals surface area contributed by atoms with Crippen molar-refractivity contribution in [3.8, 4) is 34.1 Å². The highest BCUT2D eigenvalue weighted by molar-refractivity contribution is 5.89. The molecule has 0 N–H and O–H groups in total. The Morgan fingerprint density at radius 1 is 0.848 bits per heavy atom. The van der Waals surface area contributed by atoms with Crippen LogP contribution in [-0.2, 0) is 30.9 Å². The van der Waals surface area contributed by atoms with E-state index in [1.54, 1.807) is 24.3 Å².